The fraction of sp³-hybridized carbons (Fsp3) is 0.867. The first-order chi connectivity index (χ1) is 10.1. The van der Waals surface area contributed by atoms with E-state index in [-0.39, 0.29) is 19.6 Å². The first-order valence-corrected chi connectivity index (χ1v) is 7.57. The van der Waals surface area contributed by atoms with E-state index in [0.29, 0.717) is 19.6 Å². The number of amides is 1. The molecule has 2 atom stereocenters. The maximum absolute atomic E-state index is 12.1. The third kappa shape index (κ3) is 5.14. The number of ether oxygens (including phenoxy) is 2. The van der Waals surface area contributed by atoms with Crippen LogP contribution in [-0.4, -0.2) is 65.2 Å². The molecule has 7 nitrogen and oxygen atoms in total. The molecular weight excluding hydrogens is 290 g/mol. The van der Waals surface area contributed by atoms with Crippen molar-refractivity contribution in [3.63, 3.8) is 0 Å². The Labute approximate surface area is 131 Å². The minimum atomic E-state index is -1.15. The number of hydrogen-bond donors (Lipinski definition) is 2. The number of carboxylic acids is 1. The van der Waals surface area contributed by atoms with Crippen molar-refractivity contribution in [3.8, 4) is 0 Å². The van der Waals surface area contributed by atoms with Crippen LogP contribution >= 0.6 is 0 Å². The molecule has 22 heavy (non-hydrogen) atoms. The molecule has 0 bridgehead atoms. The summed E-state index contributed by atoms with van der Waals surface area (Å²) in [6.07, 6.45) is -1.03. The predicted molar refractivity (Wildman–Crippen MR) is 79.6 cm³/mol. The van der Waals surface area contributed by atoms with Crippen LogP contribution in [0, 0.1) is 5.41 Å². The average Bonchev–Trinajstić information content (AvgIpc) is 2.80. The number of carbonyl (C=O) groups is 2. The van der Waals surface area contributed by atoms with Gasteiger partial charge in [-0.15, -0.1) is 0 Å². The Morgan fingerprint density at radius 3 is 2.50 bits per heavy atom. The smallest absolute Gasteiger partial charge is 0.410 e. The Morgan fingerprint density at radius 1 is 1.36 bits per heavy atom. The molecule has 0 aliphatic carbocycles. The van der Waals surface area contributed by atoms with E-state index >= 15 is 0 Å². The van der Waals surface area contributed by atoms with Crippen molar-refractivity contribution in [1.82, 2.24) is 4.90 Å². The summed E-state index contributed by atoms with van der Waals surface area (Å²) in [5.41, 5.74) is -1.77. The molecule has 0 aromatic heterocycles. The number of aliphatic carboxylic acids is 1. The van der Waals surface area contributed by atoms with Crippen LogP contribution < -0.4 is 0 Å². The first kappa shape index (κ1) is 18.7. The molecule has 1 amide bonds. The second-order valence-electron chi connectivity index (χ2n) is 6.75. The van der Waals surface area contributed by atoms with Crippen LogP contribution in [0.15, 0.2) is 0 Å². The van der Waals surface area contributed by atoms with Crippen LogP contribution in [0.5, 0.6) is 0 Å². The van der Waals surface area contributed by atoms with Gasteiger partial charge < -0.3 is 24.6 Å². The third-order valence-electron chi connectivity index (χ3n) is 3.60. The molecule has 0 radical (unpaired) electrons. The fourth-order valence-corrected chi connectivity index (χ4v) is 2.55. The quantitative estimate of drug-likeness (QED) is 0.770. The van der Waals surface area contributed by atoms with Crippen LogP contribution in [0.25, 0.3) is 0 Å². The van der Waals surface area contributed by atoms with Crippen molar-refractivity contribution in [2.24, 2.45) is 5.41 Å². The summed E-state index contributed by atoms with van der Waals surface area (Å²) >= 11 is 0. The lowest BCUT2D eigenvalue weighted by molar-refractivity contribution is -0.150. The average molecular weight is 317 g/mol. The highest BCUT2D eigenvalue weighted by molar-refractivity contribution is 5.78. The normalized spacial score (nSPS) is 23.4. The van der Waals surface area contributed by atoms with Gasteiger partial charge in [0.05, 0.1) is 18.1 Å². The minimum Gasteiger partial charge on any atom is -0.481 e. The summed E-state index contributed by atoms with van der Waals surface area (Å²) in [6, 6.07) is 0. The predicted octanol–water partition coefficient (Wildman–Crippen LogP) is 1.49. The van der Waals surface area contributed by atoms with Crippen LogP contribution in [0.4, 0.5) is 4.79 Å². The van der Waals surface area contributed by atoms with Gasteiger partial charge in [0.1, 0.15) is 5.60 Å². The highest BCUT2D eigenvalue weighted by Gasteiger charge is 2.48. The van der Waals surface area contributed by atoms with E-state index in [9.17, 15) is 19.8 Å². The van der Waals surface area contributed by atoms with Gasteiger partial charge in [-0.2, -0.15) is 0 Å². The Hall–Kier alpha value is -1.34. The Bertz CT molecular complexity index is 405. The number of aliphatic hydroxyl groups is 1. The van der Waals surface area contributed by atoms with Crippen molar-refractivity contribution in [1.29, 1.82) is 0 Å². The number of rotatable bonds is 6. The molecule has 1 saturated heterocycles. The summed E-state index contributed by atoms with van der Waals surface area (Å²) in [4.78, 5) is 25.1. The molecule has 2 unspecified atom stereocenters. The SMILES string of the molecule is CCOCC(O)CC1(C(=O)O)CCN(C(=O)OC(C)(C)C)C1. The molecule has 0 saturated carbocycles. The van der Waals surface area contributed by atoms with Crippen molar-refractivity contribution >= 4 is 12.1 Å². The van der Waals surface area contributed by atoms with Crippen LogP contribution in [0.2, 0.25) is 0 Å². The highest BCUT2D eigenvalue weighted by atomic mass is 16.6. The zero-order valence-electron chi connectivity index (χ0n) is 13.8. The molecule has 0 aromatic carbocycles. The number of carboxylic acid groups (broad SMARTS) is 1. The lowest BCUT2D eigenvalue weighted by Crippen LogP contribution is -2.41. The molecule has 1 rings (SSSR count). The summed E-state index contributed by atoms with van der Waals surface area (Å²) < 4.78 is 10.4. The van der Waals surface area contributed by atoms with Gasteiger partial charge in [-0.25, -0.2) is 4.79 Å². The van der Waals surface area contributed by atoms with Gasteiger partial charge in [-0.3, -0.25) is 4.79 Å². The molecule has 0 aromatic rings. The Kier molecular flexibility index (Phi) is 6.19. The van der Waals surface area contributed by atoms with E-state index in [4.69, 9.17) is 9.47 Å². The molecule has 1 heterocycles. The monoisotopic (exact) mass is 317 g/mol. The lowest BCUT2D eigenvalue weighted by Gasteiger charge is -2.28. The number of likely N-dealkylation sites (tertiary alicyclic amines) is 1. The largest absolute Gasteiger partial charge is 0.481 e. The summed E-state index contributed by atoms with van der Waals surface area (Å²) in [6.45, 7) is 7.99. The Balaban J connectivity index is 2.70. The van der Waals surface area contributed by atoms with Gasteiger partial charge >= 0.3 is 12.1 Å². The van der Waals surface area contributed by atoms with E-state index in [1.165, 1.54) is 4.90 Å². The van der Waals surface area contributed by atoms with E-state index in [1.54, 1.807) is 27.7 Å². The summed E-state index contributed by atoms with van der Waals surface area (Å²) in [7, 11) is 0. The van der Waals surface area contributed by atoms with E-state index < -0.39 is 29.2 Å². The van der Waals surface area contributed by atoms with Gasteiger partial charge in [-0.1, -0.05) is 0 Å². The number of nitrogens with zero attached hydrogens (tertiary/aromatic N) is 1. The highest BCUT2D eigenvalue weighted by Crippen LogP contribution is 2.36. The topological polar surface area (TPSA) is 96.3 Å². The zero-order chi connectivity index (χ0) is 17.0. The zero-order valence-corrected chi connectivity index (χ0v) is 13.8. The lowest BCUT2D eigenvalue weighted by atomic mass is 9.81. The first-order valence-electron chi connectivity index (χ1n) is 7.57. The van der Waals surface area contributed by atoms with E-state index in [1.807, 2.05) is 0 Å². The summed E-state index contributed by atoms with van der Waals surface area (Å²) in [5, 5.41) is 19.5. The Morgan fingerprint density at radius 2 is 2.00 bits per heavy atom. The maximum atomic E-state index is 12.1. The van der Waals surface area contributed by atoms with Gasteiger partial charge in [0, 0.05) is 19.7 Å². The van der Waals surface area contributed by atoms with E-state index in [0.717, 1.165) is 0 Å². The molecule has 1 aliphatic rings. The van der Waals surface area contributed by atoms with E-state index in [2.05, 4.69) is 0 Å². The number of hydrogen-bond acceptors (Lipinski definition) is 5. The standard InChI is InChI=1S/C15H27NO6/c1-5-21-9-11(17)8-15(12(18)19)6-7-16(10-15)13(20)22-14(2,3)4/h11,17H,5-10H2,1-4H3,(H,18,19). The maximum Gasteiger partial charge on any atom is 0.410 e. The second-order valence-corrected chi connectivity index (χ2v) is 6.75. The fourth-order valence-electron chi connectivity index (χ4n) is 2.55. The number of aliphatic hydroxyl groups excluding tert-OH is 1. The molecular formula is C15H27NO6. The summed E-state index contributed by atoms with van der Waals surface area (Å²) in [5.74, 6) is -1.01. The molecule has 2 N–H and O–H groups in total. The van der Waals surface area contributed by atoms with Gasteiger partial charge in [0.25, 0.3) is 0 Å². The number of carbonyl (C=O) groups excluding carboxylic acids is 1. The second kappa shape index (κ2) is 7.28. The van der Waals surface area contributed by atoms with Crippen LogP contribution in [0.3, 0.4) is 0 Å². The molecule has 7 heteroatoms. The van der Waals surface area contributed by atoms with Crippen LogP contribution in [0.1, 0.15) is 40.5 Å². The van der Waals surface area contributed by atoms with Gasteiger partial charge in [-0.05, 0) is 40.5 Å². The van der Waals surface area contributed by atoms with Gasteiger partial charge in [0.2, 0.25) is 0 Å². The van der Waals surface area contributed by atoms with Crippen molar-refractivity contribution in [2.45, 2.75) is 52.2 Å². The van der Waals surface area contributed by atoms with Gasteiger partial charge in [0.15, 0.2) is 0 Å². The van der Waals surface area contributed by atoms with Crippen LogP contribution in [-0.2, 0) is 14.3 Å². The molecule has 0 spiro atoms. The molecule has 128 valence electrons. The molecule has 1 fully saturated rings. The van der Waals surface area contributed by atoms with Crippen molar-refractivity contribution in [2.75, 3.05) is 26.3 Å². The third-order valence-corrected chi connectivity index (χ3v) is 3.60. The van der Waals surface area contributed by atoms with Crippen molar-refractivity contribution < 1.29 is 29.3 Å². The minimum absolute atomic E-state index is 0.0421. The van der Waals surface area contributed by atoms with Crippen molar-refractivity contribution in [3.05, 3.63) is 0 Å². The molecule has 1 aliphatic heterocycles.